The van der Waals surface area contributed by atoms with E-state index < -0.39 is 0 Å². The van der Waals surface area contributed by atoms with Crippen molar-refractivity contribution < 1.29 is 0 Å². The van der Waals surface area contributed by atoms with Crippen molar-refractivity contribution in [3.63, 3.8) is 0 Å². The van der Waals surface area contributed by atoms with Crippen LogP contribution in [-0.2, 0) is 38.6 Å². The lowest BCUT2D eigenvalue weighted by atomic mass is 9.88. The normalized spacial score (nSPS) is 15.7. The molecule has 0 radical (unpaired) electrons. The molecule has 0 atom stereocenters. The standard InChI is InChI=1S/C45H57N5/c1-34-39(12-6-9-25-50-32-43(33-50)48(3)4)13-10-15-44(34)45-16-11-14-40(35(45)2)20-17-36-18-22-42(31-49-23-7-5-8-24-49)41(27-36)21-19-37-26-38(28-46)30-47-29-37/h10-11,13-16,18,22,26-27,29-30,43H,5-9,12,17,19-21,23-25,31-33H2,1-4H3. The first-order chi connectivity index (χ1) is 24.4. The number of pyridine rings is 1. The number of likely N-dealkylation sites (tertiary alicyclic amines) is 2. The van der Waals surface area contributed by atoms with Crippen LogP contribution in [0.2, 0.25) is 0 Å². The molecular weight excluding hydrogens is 611 g/mol. The van der Waals surface area contributed by atoms with Crippen LogP contribution >= 0.6 is 0 Å². The van der Waals surface area contributed by atoms with Crippen LogP contribution in [0.25, 0.3) is 11.1 Å². The van der Waals surface area contributed by atoms with Gasteiger partial charge in [-0.05, 0) is 167 Å². The minimum absolute atomic E-state index is 0.639. The SMILES string of the molecule is Cc1c(CCCCN2CC(N(C)C)C2)cccc1-c1cccc(CCc2ccc(CN3CCCCC3)c(CCc3cncc(C#N)c3)c2)c1C. The van der Waals surface area contributed by atoms with E-state index in [0.717, 1.165) is 50.3 Å². The van der Waals surface area contributed by atoms with E-state index in [1.54, 1.807) is 6.20 Å². The third-order valence-electron chi connectivity index (χ3n) is 11.4. The second-order valence-electron chi connectivity index (χ2n) is 15.1. The summed E-state index contributed by atoms with van der Waals surface area (Å²) in [6, 6.07) is 26.0. The number of aryl methyl sites for hydroxylation is 5. The molecule has 5 nitrogen and oxygen atoms in total. The van der Waals surface area contributed by atoms with Gasteiger partial charge < -0.3 is 9.80 Å². The molecule has 50 heavy (non-hydrogen) atoms. The van der Waals surface area contributed by atoms with Gasteiger partial charge in [0.2, 0.25) is 0 Å². The Bertz CT molecular complexity index is 1760. The largest absolute Gasteiger partial charge is 0.304 e. The maximum Gasteiger partial charge on any atom is 0.101 e. The predicted molar refractivity (Wildman–Crippen MR) is 208 cm³/mol. The van der Waals surface area contributed by atoms with Crippen molar-refractivity contribution in [2.24, 2.45) is 0 Å². The van der Waals surface area contributed by atoms with E-state index in [1.807, 2.05) is 12.3 Å². The van der Waals surface area contributed by atoms with Crippen molar-refractivity contribution in [3.8, 4) is 17.2 Å². The van der Waals surface area contributed by atoms with Gasteiger partial charge in [-0.1, -0.05) is 61.0 Å². The highest BCUT2D eigenvalue weighted by Gasteiger charge is 2.27. The van der Waals surface area contributed by atoms with Crippen molar-refractivity contribution in [1.82, 2.24) is 19.7 Å². The molecule has 6 rings (SSSR count). The van der Waals surface area contributed by atoms with E-state index in [4.69, 9.17) is 0 Å². The van der Waals surface area contributed by atoms with Crippen LogP contribution < -0.4 is 0 Å². The molecule has 2 aliphatic rings. The molecule has 3 aromatic carbocycles. The zero-order valence-electron chi connectivity index (χ0n) is 31.1. The molecule has 0 aliphatic carbocycles. The Morgan fingerprint density at radius 3 is 2.08 bits per heavy atom. The summed E-state index contributed by atoms with van der Waals surface area (Å²) in [4.78, 5) is 11.9. The Kier molecular flexibility index (Phi) is 12.5. The molecule has 262 valence electrons. The molecule has 2 aliphatic heterocycles. The Morgan fingerprint density at radius 2 is 1.38 bits per heavy atom. The van der Waals surface area contributed by atoms with E-state index in [9.17, 15) is 5.26 Å². The van der Waals surface area contributed by atoms with Gasteiger partial charge in [0.15, 0.2) is 0 Å². The summed E-state index contributed by atoms with van der Waals surface area (Å²) in [5.41, 5.74) is 14.6. The van der Waals surface area contributed by atoms with E-state index in [0.29, 0.717) is 5.56 Å². The summed E-state index contributed by atoms with van der Waals surface area (Å²) >= 11 is 0. The second-order valence-corrected chi connectivity index (χ2v) is 15.1. The van der Waals surface area contributed by atoms with Crippen LogP contribution in [-0.4, -0.2) is 72.5 Å². The summed E-state index contributed by atoms with van der Waals surface area (Å²) in [5.74, 6) is 0. The fourth-order valence-electron chi connectivity index (χ4n) is 8.02. The van der Waals surface area contributed by atoms with Gasteiger partial charge in [-0.25, -0.2) is 0 Å². The first-order valence-corrected chi connectivity index (χ1v) is 19.1. The van der Waals surface area contributed by atoms with Crippen LogP contribution in [0.15, 0.2) is 73.1 Å². The highest BCUT2D eigenvalue weighted by Crippen LogP contribution is 2.32. The number of unbranched alkanes of at least 4 members (excludes halogenated alkanes) is 1. The molecule has 2 saturated heterocycles. The third kappa shape index (κ3) is 9.29. The Morgan fingerprint density at radius 1 is 0.700 bits per heavy atom. The Hall–Kier alpha value is -3.82. The summed E-state index contributed by atoms with van der Waals surface area (Å²) < 4.78 is 0. The van der Waals surface area contributed by atoms with E-state index in [2.05, 4.69) is 108 Å². The van der Waals surface area contributed by atoms with Crippen LogP contribution in [0.4, 0.5) is 0 Å². The highest BCUT2D eigenvalue weighted by atomic mass is 15.3. The van der Waals surface area contributed by atoms with E-state index >= 15 is 0 Å². The summed E-state index contributed by atoms with van der Waals surface area (Å²) in [5, 5.41) is 9.37. The number of aromatic nitrogens is 1. The Labute approximate surface area is 302 Å². The molecule has 0 saturated carbocycles. The topological polar surface area (TPSA) is 46.4 Å². The minimum atomic E-state index is 0.639. The number of rotatable bonds is 15. The zero-order chi connectivity index (χ0) is 34.9. The van der Waals surface area contributed by atoms with Gasteiger partial charge >= 0.3 is 0 Å². The van der Waals surface area contributed by atoms with Gasteiger partial charge in [0.25, 0.3) is 0 Å². The number of piperidine rings is 1. The molecule has 0 bridgehead atoms. The lowest BCUT2D eigenvalue weighted by Gasteiger charge is -2.42. The van der Waals surface area contributed by atoms with E-state index in [1.165, 1.54) is 115 Å². The van der Waals surface area contributed by atoms with Gasteiger partial charge in [0, 0.05) is 38.1 Å². The van der Waals surface area contributed by atoms with Crippen LogP contribution in [0.1, 0.15) is 82.2 Å². The van der Waals surface area contributed by atoms with Crippen molar-refractivity contribution >= 4 is 0 Å². The first kappa shape index (κ1) is 36.0. The average Bonchev–Trinajstić information content (AvgIpc) is 3.11. The molecule has 5 heteroatoms. The maximum absolute atomic E-state index is 9.37. The molecule has 2 fully saturated rings. The molecule has 0 spiro atoms. The summed E-state index contributed by atoms with van der Waals surface area (Å²) in [6.45, 7) is 11.7. The quantitative estimate of drug-likeness (QED) is 0.119. The summed E-state index contributed by atoms with van der Waals surface area (Å²) in [7, 11) is 4.39. The van der Waals surface area contributed by atoms with Crippen LogP contribution in [0.3, 0.4) is 0 Å². The highest BCUT2D eigenvalue weighted by molar-refractivity contribution is 5.72. The molecule has 0 amide bonds. The number of hydrogen-bond acceptors (Lipinski definition) is 5. The first-order valence-electron chi connectivity index (χ1n) is 19.1. The fraction of sp³-hybridized carbons (Fsp3) is 0.467. The van der Waals surface area contributed by atoms with Crippen LogP contribution in [0.5, 0.6) is 0 Å². The predicted octanol–water partition coefficient (Wildman–Crippen LogP) is 8.36. The average molecular weight is 668 g/mol. The second kappa shape index (κ2) is 17.4. The lowest BCUT2D eigenvalue weighted by Crippen LogP contribution is -2.57. The molecule has 1 aromatic heterocycles. The zero-order valence-corrected chi connectivity index (χ0v) is 31.1. The summed E-state index contributed by atoms with van der Waals surface area (Å²) in [6.07, 6.45) is 15.1. The number of nitrogens with zero attached hydrogens (tertiary/aromatic N) is 5. The maximum atomic E-state index is 9.37. The van der Waals surface area contributed by atoms with E-state index in [-0.39, 0.29) is 0 Å². The lowest BCUT2D eigenvalue weighted by molar-refractivity contribution is 0.0625. The van der Waals surface area contributed by atoms with Crippen molar-refractivity contribution in [2.75, 3.05) is 46.8 Å². The number of benzene rings is 3. The fourth-order valence-corrected chi connectivity index (χ4v) is 8.02. The third-order valence-corrected chi connectivity index (χ3v) is 11.4. The van der Waals surface area contributed by atoms with Gasteiger partial charge in [0.1, 0.15) is 6.07 Å². The monoisotopic (exact) mass is 667 g/mol. The van der Waals surface area contributed by atoms with Crippen molar-refractivity contribution in [1.29, 1.82) is 5.26 Å². The smallest absolute Gasteiger partial charge is 0.101 e. The van der Waals surface area contributed by atoms with Crippen molar-refractivity contribution in [2.45, 2.75) is 90.6 Å². The van der Waals surface area contributed by atoms with Crippen molar-refractivity contribution in [3.05, 3.63) is 123 Å². The van der Waals surface area contributed by atoms with Gasteiger partial charge in [-0.3, -0.25) is 9.88 Å². The number of hydrogen-bond donors (Lipinski definition) is 0. The van der Waals surface area contributed by atoms with Crippen LogP contribution in [0, 0.1) is 25.2 Å². The molecule has 0 N–H and O–H groups in total. The molecule has 3 heterocycles. The minimum Gasteiger partial charge on any atom is -0.304 e. The number of nitriles is 1. The van der Waals surface area contributed by atoms with Gasteiger partial charge in [-0.2, -0.15) is 5.26 Å². The molecule has 0 unspecified atom stereocenters. The molecular formula is C45H57N5. The van der Waals surface area contributed by atoms with Gasteiger partial charge in [0.05, 0.1) is 5.56 Å². The van der Waals surface area contributed by atoms with Gasteiger partial charge in [-0.15, -0.1) is 0 Å². The number of likely N-dealkylation sites (N-methyl/N-ethyl adjacent to an activating group) is 1. The Balaban J connectivity index is 1.11. The molecule has 4 aromatic rings.